The van der Waals surface area contributed by atoms with E-state index in [1.165, 1.54) is 44.9 Å². The van der Waals surface area contributed by atoms with Gasteiger partial charge in [-0.25, -0.2) is 0 Å². The van der Waals surface area contributed by atoms with Gasteiger partial charge in [-0.15, -0.1) is 0 Å². The number of nitrogens with two attached hydrogens (primary N) is 1. The predicted octanol–water partition coefficient (Wildman–Crippen LogP) is 2.81. The normalized spacial score (nSPS) is 12.7. The first-order chi connectivity index (χ1) is 13.7. The number of hydrogen-bond acceptors (Lipinski definition) is 7. The number of carbonyl (C=O) groups is 2. The number of aliphatic carboxylic acids is 1. The Balaban J connectivity index is 3.22. The zero-order valence-electron chi connectivity index (χ0n) is 17.7. The van der Waals surface area contributed by atoms with E-state index in [9.17, 15) is 9.59 Å². The number of aliphatic hydroxyl groups is 3. The first kappa shape index (κ1) is 27.8. The zero-order chi connectivity index (χ0) is 22.0. The molecule has 0 fully saturated rings. The van der Waals surface area contributed by atoms with Crippen LogP contribution in [-0.2, 0) is 14.3 Å². The van der Waals surface area contributed by atoms with Gasteiger partial charge in [-0.05, 0) is 12.8 Å². The molecule has 0 aliphatic carbocycles. The Kier molecular flexibility index (Phi) is 16.9. The second kappa shape index (κ2) is 17.6. The molecule has 172 valence electrons. The highest BCUT2D eigenvalue weighted by atomic mass is 16.7. The fourth-order valence-corrected chi connectivity index (χ4v) is 3.08. The molecule has 0 aromatic heterocycles. The third-order valence-electron chi connectivity index (χ3n) is 4.88. The van der Waals surface area contributed by atoms with Crippen molar-refractivity contribution in [3.63, 3.8) is 0 Å². The van der Waals surface area contributed by atoms with Crippen molar-refractivity contribution < 1.29 is 34.8 Å². The van der Waals surface area contributed by atoms with Crippen LogP contribution >= 0.6 is 0 Å². The largest absolute Gasteiger partial charge is 0.480 e. The third-order valence-corrected chi connectivity index (χ3v) is 4.88. The van der Waals surface area contributed by atoms with Crippen molar-refractivity contribution >= 4 is 11.9 Å². The summed E-state index contributed by atoms with van der Waals surface area (Å²) in [7, 11) is 0. The minimum Gasteiger partial charge on any atom is -0.480 e. The second-order valence-electron chi connectivity index (χ2n) is 7.85. The smallest absolute Gasteiger partial charge is 0.324 e. The molecule has 0 aromatic carbocycles. The predicted molar refractivity (Wildman–Crippen MR) is 110 cm³/mol. The van der Waals surface area contributed by atoms with E-state index in [1.807, 2.05) is 0 Å². The quantitative estimate of drug-likeness (QED) is 0.115. The van der Waals surface area contributed by atoms with Gasteiger partial charge >= 0.3 is 11.9 Å². The van der Waals surface area contributed by atoms with Gasteiger partial charge in [-0.1, -0.05) is 77.0 Å². The van der Waals surface area contributed by atoms with E-state index in [1.54, 1.807) is 0 Å². The number of carbonyl (C=O) groups excluding carboxylic acids is 1. The molecule has 0 rings (SSSR count). The first-order valence-corrected chi connectivity index (χ1v) is 11.0. The van der Waals surface area contributed by atoms with Crippen LogP contribution in [0.4, 0.5) is 0 Å². The van der Waals surface area contributed by atoms with Crippen molar-refractivity contribution in [3.8, 4) is 0 Å². The maximum Gasteiger partial charge on any atom is 0.324 e. The van der Waals surface area contributed by atoms with Gasteiger partial charge in [-0.2, -0.15) is 0 Å². The Hall–Kier alpha value is -1.22. The molecule has 1 atom stereocenters. The zero-order valence-corrected chi connectivity index (χ0v) is 17.7. The summed E-state index contributed by atoms with van der Waals surface area (Å²) < 4.78 is 4.82. The standard InChI is InChI=1S/C21H41NO7/c22-18(20(24)25)17-29-19(23)15-13-11-9-7-5-3-1-2-4-6-8-10-12-14-16-21(26,27)28/h18,26-28H,1-17,22H2,(H,24,25)/t18-/m0/s1. The summed E-state index contributed by atoms with van der Waals surface area (Å²) in [4.78, 5) is 22.0. The van der Waals surface area contributed by atoms with Crippen LogP contribution < -0.4 is 5.73 Å². The average Bonchev–Trinajstić information content (AvgIpc) is 2.64. The lowest BCUT2D eigenvalue weighted by Crippen LogP contribution is -2.35. The van der Waals surface area contributed by atoms with Crippen LogP contribution in [0.15, 0.2) is 0 Å². The molecule has 0 bridgehead atoms. The molecule has 8 heteroatoms. The van der Waals surface area contributed by atoms with Gasteiger partial charge in [0.1, 0.15) is 12.6 Å². The molecule has 0 aromatic rings. The minimum absolute atomic E-state index is 0.0125. The van der Waals surface area contributed by atoms with E-state index in [0.29, 0.717) is 12.8 Å². The van der Waals surface area contributed by atoms with Gasteiger partial charge in [0.2, 0.25) is 0 Å². The fourth-order valence-electron chi connectivity index (χ4n) is 3.08. The molecule has 8 nitrogen and oxygen atoms in total. The highest BCUT2D eigenvalue weighted by Crippen LogP contribution is 2.15. The lowest BCUT2D eigenvalue weighted by atomic mass is 10.0. The van der Waals surface area contributed by atoms with Crippen LogP contribution in [0.1, 0.15) is 103 Å². The van der Waals surface area contributed by atoms with Gasteiger partial charge in [0.25, 0.3) is 5.97 Å². The Bertz CT molecular complexity index is 424. The number of rotatable bonds is 20. The summed E-state index contributed by atoms with van der Waals surface area (Å²) in [6.45, 7) is -0.272. The van der Waals surface area contributed by atoms with Gasteiger partial charge < -0.3 is 30.9 Å². The number of carboxylic acids is 1. The number of carboxylic acid groups (broad SMARTS) is 1. The van der Waals surface area contributed by atoms with E-state index in [2.05, 4.69) is 0 Å². The molecular formula is C21H41NO7. The average molecular weight is 420 g/mol. The molecule has 29 heavy (non-hydrogen) atoms. The summed E-state index contributed by atoms with van der Waals surface area (Å²) in [5, 5.41) is 34.9. The van der Waals surface area contributed by atoms with Crippen LogP contribution in [0.25, 0.3) is 0 Å². The van der Waals surface area contributed by atoms with Gasteiger partial charge in [-0.3, -0.25) is 9.59 Å². The molecule has 0 aliphatic rings. The van der Waals surface area contributed by atoms with Crippen LogP contribution in [0, 0.1) is 0 Å². The third kappa shape index (κ3) is 21.3. The summed E-state index contributed by atoms with van der Waals surface area (Å²) >= 11 is 0. The minimum atomic E-state index is -2.51. The first-order valence-electron chi connectivity index (χ1n) is 11.0. The molecular weight excluding hydrogens is 378 g/mol. The summed E-state index contributed by atoms with van der Waals surface area (Å²) in [5.41, 5.74) is 5.26. The number of unbranched alkanes of at least 4 members (excludes halogenated alkanes) is 13. The highest BCUT2D eigenvalue weighted by Gasteiger charge is 2.16. The Morgan fingerprint density at radius 2 is 1.10 bits per heavy atom. The number of hydrogen-bond donors (Lipinski definition) is 5. The second-order valence-corrected chi connectivity index (χ2v) is 7.85. The van der Waals surface area contributed by atoms with Crippen molar-refractivity contribution in [2.45, 2.75) is 115 Å². The monoisotopic (exact) mass is 419 g/mol. The van der Waals surface area contributed by atoms with E-state index in [0.717, 1.165) is 38.5 Å². The van der Waals surface area contributed by atoms with Crippen molar-refractivity contribution in [2.24, 2.45) is 5.73 Å². The summed E-state index contributed by atoms with van der Waals surface area (Å²) in [6, 6.07) is -1.15. The SMILES string of the molecule is N[C@@H](COC(=O)CCCCCCCCCCCCCCCCC(O)(O)O)C(=O)O. The molecule has 6 N–H and O–H groups in total. The van der Waals surface area contributed by atoms with Crippen molar-refractivity contribution in [1.29, 1.82) is 0 Å². The van der Waals surface area contributed by atoms with Crippen LogP contribution in [0.3, 0.4) is 0 Å². The van der Waals surface area contributed by atoms with Gasteiger partial charge in [0.05, 0.1) is 0 Å². The number of ether oxygens (including phenoxy) is 1. The van der Waals surface area contributed by atoms with Crippen molar-refractivity contribution in [3.05, 3.63) is 0 Å². The van der Waals surface area contributed by atoms with E-state index < -0.39 is 18.0 Å². The molecule has 0 amide bonds. The summed E-state index contributed by atoms with van der Waals surface area (Å²) in [6.07, 6.45) is 15.5. The lowest BCUT2D eigenvalue weighted by Gasteiger charge is -2.12. The summed E-state index contributed by atoms with van der Waals surface area (Å²) in [5.74, 6) is -4.07. The maximum atomic E-state index is 11.4. The van der Waals surface area contributed by atoms with Crippen molar-refractivity contribution in [1.82, 2.24) is 0 Å². The van der Waals surface area contributed by atoms with Crippen molar-refractivity contribution in [2.75, 3.05) is 6.61 Å². The van der Waals surface area contributed by atoms with Crippen LogP contribution in [-0.4, -0.2) is 51.0 Å². The van der Waals surface area contributed by atoms with E-state index in [4.69, 9.17) is 30.9 Å². The molecule has 0 saturated heterocycles. The van der Waals surface area contributed by atoms with Gasteiger partial charge in [0, 0.05) is 12.8 Å². The molecule has 0 aliphatic heterocycles. The Labute approximate surface area is 174 Å². The van der Waals surface area contributed by atoms with Crippen LogP contribution in [0.2, 0.25) is 0 Å². The molecule has 0 heterocycles. The Morgan fingerprint density at radius 3 is 1.48 bits per heavy atom. The van der Waals surface area contributed by atoms with E-state index >= 15 is 0 Å². The molecule has 0 radical (unpaired) electrons. The highest BCUT2D eigenvalue weighted by molar-refractivity contribution is 5.74. The fraction of sp³-hybridized carbons (Fsp3) is 0.905. The number of esters is 1. The maximum absolute atomic E-state index is 11.4. The van der Waals surface area contributed by atoms with Gasteiger partial charge in [0.15, 0.2) is 0 Å². The van der Waals surface area contributed by atoms with Crippen LogP contribution in [0.5, 0.6) is 0 Å². The molecule has 0 unspecified atom stereocenters. The lowest BCUT2D eigenvalue weighted by molar-refractivity contribution is -0.315. The Morgan fingerprint density at radius 1 is 0.724 bits per heavy atom. The molecule has 0 spiro atoms. The topological polar surface area (TPSA) is 150 Å². The van der Waals surface area contributed by atoms with E-state index in [-0.39, 0.29) is 19.0 Å². The molecule has 0 saturated carbocycles.